The molecule has 0 saturated carbocycles. The molecule has 0 fully saturated rings. The summed E-state index contributed by atoms with van der Waals surface area (Å²) in [7, 11) is 0. The summed E-state index contributed by atoms with van der Waals surface area (Å²) in [5.74, 6) is 0.0484. The highest BCUT2D eigenvalue weighted by atomic mass is 16.5. The van der Waals surface area contributed by atoms with Crippen molar-refractivity contribution < 1.29 is 9.53 Å². The van der Waals surface area contributed by atoms with Crippen LogP contribution in [0.15, 0.2) is 30.6 Å². The predicted octanol–water partition coefficient (Wildman–Crippen LogP) is 0.764. The number of nitrogens with zero attached hydrogens (tertiary/aromatic N) is 3. The van der Waals surface area contributed by atoms with Crippen LogP contribution in [0, 0.1) is 6.92 Å². The Balaban J connectivity index is 1.86. The van der Waals surface area contributed by atoms with Crippen LogP contribution in [0.1, 0.15) is 16.1 Å². The molecule has 0 spiro atoms. The third-order valence-corrected chi connectivity index (χ3v) is 2.35. The van der Waals surface area contributed by atoms with Gasteiger partial charge in [0.2, 0.25) is 5.88 Å². The minimum Gasteiger partial charge on any atom is -0.476 e. The standard InChI is InChI=1S/C12H14N4O2/c1-9-2-4-14-11(8-9)18-7-6-16-5-3-10(15-16)12(13)17/h2-5,8H,6-7H2,1H3,(H2,13,17). The van der Waals surface area contributed by atoms with Crippen LogP contribution >= 0.6 is 0 Å². The summed E-state index contributed by atoms with van der Waals surface area (Å²) in [5.41, 5.74) is 6.45. The summed E-state index contributed by atoms with van der Waals surface area (Å²) in [5, 5.41) is 4.00. The van der Waals surface area contributed by atoms with E-state index in [2.05, 4.69) is 10.1 Å². The van der Waals surface area contributed by atoms with E-state index in [-0.39, 0.29) is 5.69 Å². The van der Waals surface area contributed by atoms with E-state index in [4.69, 9.17) is 10.5 Å². The first-order valence-electron chi connectivity index (χ1n) is 5.54. The van der Waals surface area contributed by atoms with Gasteiger partial charge in [-0.15, -0.1) is 0 Å². The molecule has 2 aromatic rings. The van der Waals surface area contributed by atoms with Gasteiger partial charge in [0.15, 0.2) is 0 Å². The van der Waals surface area contributed by atoms with Crippen LogP contribution in [0.4, 0.5) is 0 Å². The van der Waals surface area contributed by atoms with Gasteiger partial charge in [0.1, 0.15) is 12.3 Å². The number of rotatable bonds is 5. The average molecular weight is 246 g/mol. The highest BCUT2D eigenvalue weighted by Gasteiger charge is 2.04. The number of carbonyl (C=O) groups is 1. The second-order valence-electron chi connectivity index (χ2n) is 3.85. The van der Waals surface area contributed by atoms with Crippen LogP contribution in [-0.2, 0) is 6.54 Å². The Bertz CT molecular complexity index is 551. The lowest BCUT2D eigenvalue weighted by Gasteiger charge is -2.05. The fourth-order valence-corrected chi connectivity index (χ4v) is 1.45. The fourth-order valence-electron chi connectivity index (χ4n) is 1.45. The smallest absolute Gasteiger partial charge is 0.269 e. The van der Waals surface area contributed by atoms with Crippen molar-refractivity contribution in [2.24, 2.45) is 5.73 Å². The molecule has 2 N–H and O–H groups in total. The van der Waals surface area contributed by atoms with Crippen molar-refractivity contribution in [2.45, 2.75) is 13.5 Å². The number of primary amides is 1. The van der Waals surface area contributed by atoms with Gasteiger partial charge in [-0.2, -0.15) is 5.10 Å². The number of pyridine rings is 1. The second-order valence-corrected chi connectivity index (χ2v) is 3.85. The zero-order valence-corrected chi connectivity index (χ0v) is 10.0. The molecule has 0 aliphatic heterocycles. The first-order valence-corrected chi connectivity index (χ1v) is 5.54. The molecule has 0 aromatic carbocycles. The van der Waals surface area contributed by atoms with Crippen LogP contribution < -0.4 is 10.5 Å². The fraction of sp³-hybridized carbons (Fsp3) is 0.250. The summed E-state index contributed by atoms with van der Waals surface area (Å²) in [6, 6.07) is 5.34. The number of carbonyl (C=O) groups excluding carboxylic acids is 1. The minimum atomic E-state index is -0.532. The molecule has 18 heavy (non-hydrogen) atoms. The summed E-state index contributed by atoms with van der Waals surface area (Å²) < 4.78 is 7.08. The molecule has 0 saturated heterocycles. The van der Waals surface area contributed by atoms with Gasteiger partial charge in [-0.3, -0.25) is 9.48 Å². The first kappa shape index (κ1) is 12.1. The van der Waals surface area contributed by atoms with Gasteiger partial charge in [0.25, 0.3) is 5.91 Å². The Morgan fingerprint density at radius 3 is 3.00 bits per heavy atom. The third kappa shape index (κ3) is 3.07. The SMILES string of the molecule is Cc1ccnc(OCCn2ccc(C(N)=O)n2)c1. The van der Waals surface area contributed by atoms with Gasteiger partial charge in [0.05, 0.1) is 6.54 Å². The Labute approximate surface area is 104 Å². The quantitative estimate of drug-likeness (QED) is 0.844. The van der Waals surface area contributed by atoms with E-state index < -0.39 is 5.91 Å². The van der Waals surface area contributed by atoms with Crippen LogP contribution in [0.25, 0.3) is 0 Å². The number of amides is 1. The Morgan fingerprint density at radius 2 is 2.33 bits per heavy atom. The topological polar surface area (TPSA) is 83.0 Å². The number of aromatic nitrogens is 3. The van der Waals surface area contributed by atoms with E-state index in [1.165, 1.54) is 0 Å². The highest BCUT2D eigenvalue weighted by molar-refractivity contribution is 5.90. The Hall–Kier alpha value is -2.37. The van der Waals surface area contributed by atoms with Gasteiger partial charge in [-0.25, -0.2) is 4.98 Å². The number of nitrogens with two attached hydrogens (primary N) is 1. The lowest BCUT2D eigenvalue weighted by molar-refractivity contribution is 0.0994. The lowest BCUT2D eigenvalue weighted by Crippen LogP contribution is -2.14. The molecular formula is C12H14N4O2. The maximum Gasteiger partial charge on any atom is 0.269 e. The number of hydrogen-bond acceptors (Lipinski definition) is 4. The van der Waals surface area contributed by atoms with Crippen molar-refractivity contribution in [3.8, 4) is 5.88 Å². The van der Waals surface area contributed by atoms with Crippen molar-refractivity contribution >= 4 is 5.91 Å². The van der Waals surface area contributed by atoms with Crippen LogP contribution in [0.2, 0.25) is 0 Å². The maximum atomic E-state index is 10.9. The van der Waals surface area contributed by atoms with Crippen molar-refractivity contribution in [2.75, 3.05) is 6.61 Å². The van der Waals surface area contributed by atoms with Crippen molar-refractivity contribution in [3.05, 3.63) is 41.9 Å². The molecule has 0 aliphatic rings. The zero-order chi connectivity index (χ0) is 13.0. The largest absolute Gasteiger partial charge is 0.476 e. The predicted molar refractivity (Wildman–Crippen MR) is 65.2 cm³/mol. The molecule has 1 amide bonds. The van der Waals surface area contributed by atoms with Gasteiger partial charge in [-0.1, -0.05) is 0 Å². The molecule has 2 aromatic heterocycles. The second kappa shape index (κ2) is 5.31. The van der Waals surface area contributed by atoms with Crippen LogP contribution in [0.5, 0.6) is 5.88 Å². The Morgan fingerprint density at radius 1 is 1.50 bits per heavy atom. The molecule has 94 valence electrons. The summed E-state index contributed by atoms with van der Waals surface area (Å²) >= 11 is 0. The molecule has 0 atom stereocenters. The number of hydrogen-bond donors (Lipinski definition) is 1. The molecule has 0 radical (unpaired) electrons. The van der Waals surface area contributed by atoms with Crippen molar-refractivity contribution in [3.63, 3.8) is 0 Å². The Kier molecular flexibility index (Phi) is 3.57. The van der Waals surface area contributed by atoms with E-state index in [0.717, 1.165) is 5.56 Å². The average Bonchev–Trinajstić information content (AvgIpc) is 2.78. The third-order valence-electron chi connectivity index (χ3n) is 2.35. The van der Waals surface area contributed by atoms with E-state index in [9.17, 15) is 4.79 Å². The lowest BCUT2D eigenvalue weighted by atomic mass is 10.3. The number of aryl methyl sites for hydroxylation is 1. The monoisotopic (exact) mass is 246 g/mol. The maximum absolute atomic E-state index is 10.9. The van der Waals surface area contributed by atoms with Crippen LogP contribution in [0.3, 0.4) is 0 Å². The molecule has 0 unspecified atom stereocenters. The van der Waals surface area contributed by atoms with Crippen molar-refractivity contribution in [1.82, 2.24) is 14.8 Å². The first-order chi connectivity index (χ1) is 8.65. The number of ether oxygens (including phenoxy) is 1. The molecular weight excluding hydrogens is 232 g/mol. The molecule has 6 nitrogen and oxygen atoms in total. The van der Waals surface area contributed by atoms with Gasteiger partial charge in [0, 0.05) is 18.5 Å². The molecule has 2 heterocycles. The zero-order valence-electron chi connectivity index (χ0n) is 10.0. The minimum absolute atomic E-state index is 0.253. The summed E-state index contributed by atoms with van der Waals surface area (Å²) in [6.07, 6.45) is 3.39. The molecule has 0 bridgehead atoms. The summed E-state index contributed by atoms with van der Waals surface area (Å²) in [6.45, 7) is 2.93. The van der Waals surface area contributed by atoms with E-state index in [0.29, 0.717) is 19.0 Å². The van der Waals surface area contributed by atoms with Gasteiger partial charge in [-0.05, 0) is 24.6 Å². The van der Waals surface area contributed by atoms with Crippen molar-refractivity contribution in [1.29, 1.82) is 0 Å². The molecule has 0 aliphatic carbocycles. The normalized spacial score (nSPS) is 10.3. The van der Waals surface area contributed by atoms with Gasteiger partial charge >= 0.3 is 0 Å². The molecule has 6 heteroatoms. The van der Waals surface area contributed by atoms with E-state index in [1.54, 1.807) is 23.1 Å². The van der Waals surface area contributed by atoms with E-state index in [1.807, 2.05) is 19.1 Å². The molecule has 2 rings (SSSR count). The highest BCUT2D eigenvalue weighted by Crippen LogP contribution is 2.07. The van der Waals surface area contributed by atoms with Crippen LogP contribution in [-0.4, -0.2) is 27.3 Å². The van der Waals surface area contributed by atoms with E-state index >= 15 is 0 Å². The summed E-state index contributed by atoms with van der Waals surface area (Å²) in [4.78, 5) is 14.9. The van der Waals surface area contributed by atoms with Gasteiger partial charge < -0.3 is 10.5 Å².